The van der Waals surface area contributed by atoms with E-state index in [9.17, 15) is 13.2 Å². The molecule has 5 heteroatoms. The average molecular weight is 337 g/mol. The van der Waals surface area contributed by atoms with Gasteiger partial charge in [-0.2, -0.15) is 0 Å². The summed E-state index contributed by atoms with van der Waals surface area (Å²) in [4.78, 5) is 14.7. The van der Waals surface area contributed by atoms with Gasteiger partial charge in [0.15, 0.2) is 9.84 Å². The summed E-state index contributed by atoms with van der Waals surface area (Å²) in [6.45, 7) is 7.41. The predicted molar refractivity (Wildman–Crippen MR) is 92.8 cm³/mol. The van der Waals surface area contributed by atoms with Crippen LogP contribution in [0.1, 0.15) is 52.1 Å². The average Bonchev–Trinajstić information content (AvgIpc) is 3.35. The van der Waals surface area contributed by atoms with Gasteiger partial charge in [-0.1, -0.05) is 30.3 Å². The molecular weight excluding hydrogens is 310 g/mol. The second kappa shape index (κ2) is 7.04. The summed E-state index contributed by atoms with van der Waals surface area (Å²) in [5, 5.41) is -1.54. The fourth-order valence-corrected chi connectivity index (χ4v) is 3.94. The molecule has 1 fully saturated rings. The van der Waals surface area contributed by atoms with Gasteiger partial charge in [0.25, 0.3) is 0 Å². The van der Waals surface area contributed by atoms with Crippen LogP contribution in [-0.4, -0.2) is 36.3 Å². The minimum Gasteiger partial charge on any atom is -0.335 e. The van der Waals surface area contributed by atoms with Crippen molar-refractivity contribution in [3.8, 4) is 0 Å². The zero-order valence-corrected chi connectivity index (χ0v) is 15.2. The summed E-state index contributed by atoms with van der Waals surface area (Å²) in [6, 6.07) is 9.68. The molecule has 128 valence electrons. The standard InChI is InChI=1S/C18H27NO3S/c1-13(2)23(21,22)15(4)18(20)19(12-16-10-11-16)14(3)17-8-6-5-7-9-17/h5-9,13-16H,10-12H2,1-4H3/t14-,15+/m0/s1. The minimum absolute atomic E-state index is 0.117. The Balaban J connectivity index is 2.25. The maximum atomic E-state index is 12.9. The van der Waals surface area contributed by atoms with Crippen LogP contribution in [0.25, 0.3) is 0 Å². The van der Waals surface area contributed by atoms with Gasteiger partial charge in [-0.15, -0.1) is 0 Å². The monoisotopic (exact) mass is 337 g/mol. The van der Waals surface area contributed by atoms with E-state index in [1.807, 2.05) is 37.3 Å². The smallest absolute Gasteiger partial charge is 0.241 e. The topological polar surface area (TPSA) is 54.5 Å². The number of amides is 1. The SMILES string of the molecule is CC(C)S(=O)(=O)[C@H](C)C(=O)N(CC1CC1)[C@@H](C)c1ccccc1. The number of nitrogens with zero attached hydrogens (tertiary/aromatic N) is 1. The quantitative estimate of drug-likeness (QED) is 0.768. The van der Waals surface area contributed by atoms with Gasteiger partial charge in [0, 0.05) is 6.54 Å². The van der Waals surface area contributed by atoms with E-state index in [2.05, 4.69) is 0 Å². The third-order valence-electron chi connectivity index (χ3n) is 4.68. The van der Waals surface area contributed by atoms with Crippen LogP contribution in [0.5, 0.6) is 0 Å². The molecule has 0 aromatic heterocycles. The minimum atomic E-state index is -3.44. The van der Waals surface area contributed by atoms with Crippen molar-refractivity contribution in [2.75, 3.05) is 6.54 Å². The molecular formula is C18H27NO3S. The molecule has 0 saturated heterocycles. The van der Waals surface area contributed by atoms with Crippen molar-refractivity contribution in [3.63, 3.8) is 0 Å². The number of sulfone groups is 1. The van der Waals surface area contributed by atoms with Crippen LogP contribution in [0, 0.1) is 5.92 Å². The molecule has 23 heavy (non-hydrogen) atoms. The van der Waals surface area contributed by atoms with Gasteiger partial charge in [0.2, 0.25) is 5.91 Å². The Morgan fingerprint density at radius 1 is 1.13 bits per heavy atom. The first-order chi connectivity index (χ1) is 10.7. The lowest BCUT2D eigenvalue weighted by Crippen LogP contribution is -2.45. The zero-order valence-electron chi connectivity index (χ0n) is 14.4. The van der Waals surface area contributed by atoms with Crippen LogP contribution >= 0.6 is 0 Å². The van der Waals surface area contributed by atoms with Crippen molar-refractivity contribution in [3.05, 3.63) is 35.9 Å². The van der Waals surface area contributed by atoms with Crippen molar-refractivity contribution < 1.29 is 13.2 Å². The molecule has 1 aromatic carbocycles. The Morgan fingerprint density at radius 2 is 1.70 bits per heavy atom. The summed E-state index contributed by atoms with van der Waals surface area (Å²) in [7, 11) is -3.44. The molecule has 0 spiro atoms. The molecule has 1 amide bonds. The summed E-state index contributed by atoms with van der Waals surface area (Å²) in [5.41, 5.74) is 1.04. The number of carbonyl (C=O) groups is 1. The van der Waals surface area contributed by atoms with E-state index < -0.39 is 20.3 Å². The fourth-order valence-electron chi connectivity index (χ4n) is 2.71. The van der Waals surface area contributed by atoms with Gasteiger partial charge in [0.1, 0.15) is 5.25 Å². The molecule has 0 N–H and O–H groups in total. The third kappa shape index (κ3) is 4.14. The molecule has 2 atom stereocenters. The lowest BCUT2D eigenvalue weighted by molar-refractivity contribution is -0.132. The highest BCUT2D eigenvalue weighted by Gasteiger charge is 2.37. The molecule has 1 aliphatic carbocycles. The Hall–Kier alpha value is -1.36. The second-order valence-corrected chi connectivity index (χ2v) is 9.63. The summed E-state index contributed by atoms with van der Waals surface area (Å²) in [5.74, 6) is 0.237. The summed E-state index contributed by atoms with van der Waals surface area (Å²) < 4.78 is 24.8. The summed E-state index contributed by atoms with van der Waals surface area (Å²) >= 11 is 0. The largest absolute Gasteiger partial charge is 0.335 e. The van der Waals surface area contributed by atoms with E-state index >= 15 is 0 Å². The molecule has 2 rings (SSSR count). The number of hydrogen-bond donors (Lipinski definition) is 0. The number of hydrogen-bond acceptors (Lipinski definition) is 3. The molecule has 0 bridgehead atoms. The van der Waals surface area contributed by atoms with E-state index in [1.54, 1.807) is 18.7 Å². The van der Waals surface area contributed by atoms with E-state index in [1.165, 1.54) is 6.92 Å². The normalized spacial score (nSPS) is 17.8. The highest BCUT2D eigenvalue weighted by molar-refractivity contribution is 7.93. The van der Waals surface area contributed by atoms with Crippen LogP contribution in [0.3, 0.4) is 0 Å². The first-order valence-corrected chi connectivity index (χ1v) is 9.94. The summed E-state index contributed by atoms with van der Waals surface area (Å²) in [6.07, 6.45) is 2.24. The molecule has 0 aliphatic heterocycles. The Bertz CT molecular complexity index is 635. The first-order valence-electron chi connectivity index (χ1n) is 8.33. The maximum absolute atomic E-state index is 12.9. The number of carbonyl (C=O) groups excluding carboxylic acids is 1. The first kappa shape index (κ1) is 18.0. The number of rotatable bonds is 7. The lowest BCUT2D eigenvalue weighted by Gasteiger charge is -2.32. The third-order valence-corrected chi connectivity index (χ3v) is 7.18. The Morgan fingerprint density at radius 3 is 2.17 bits per heavy atom. The highest BCUT2D eigenvalue weighted by Crippen LogP contribution is 2.33. The van der Waals surface area contributed by atoms with Crippen molar-refractivity contribution in [2.24, 2.45) is 5.92 Å². The van der Waals surface area contributed by atoms with Crippen molar-refractivity contribution in [1.29, 1.82) is 0 Å². The van der Waals surface area contributed by atoms with Crippen molar-refractivity contribution in [2.45, 2.75) is 57.1 Å². The molecule has 4 nitrogen and oxygen atoms in total. The molecule has 0 heterocycles. The van der Waals surface area contributed by atoms with Gasteiger partial charge in [0.05, 0.1) is 11.3 Å². The second-order valence-electron chi connectivity index (χ2n) is 6.80. The fraction of sp³-hybridized carbons (Fsp3) is 0.611. The van der Waals surface area contributed by atoms with Crippen LogP contribution in [-0.2, 0) is 14.6 Å². The van der Waals surface area contributed by atoms with Gasteiger partial charge in [-0.25, -0.2) is 8.42 Å². The maximum Gasteiger partial charge on any atom is 0.241 e. The molecule has 1 saturated carbocycles. The molecule has 1 aliphatic rings. The number of benzene rings is 1. The van der Waals surface area contributed by atoms with Gasteiger partial charge < -0.3 is 4.90 Å². The van der Waals surface area contributed by atoms with Gasteiger partial charge in [-0.3, -0.25) is 4.79 Å². The van der Waals surface area contributed by atoms with Crippen molar-refractivity contribution in [1.82, 2.24) is 4.90 Å². The molecule has 0 unspecified atom stereocenters. The van der Waals surface area contributed by atoms with Crippen LogP contribution in [0.15, 0.2) is 30.3 Å². The lowest BCUT2D eigenvalue weighted by atomic mass is 10.1. The van der Waals surface area contributed by atoms with Crippen LogP contribution in [0.2, 0.25) is 0 Å². The van der Waals surface area contributed by atoms with E-state index in [4.69, 9.17) is 0 Å². The van der Waals surface area contributed by atoms with Crippen LogP contribution < -0.4 is 0 Å². The van der Waals surface area contributed by atoms with Gasteiger partial charge in [-0.05, 0) is 52.0 Å². The van der Waals surface area contributed by atoms with E-state index in [0.717, 1.165) is 18.4 Å². The molecule has 1 aromatic rings. The van der Waals surface area contributed by atoms with Gasteiger partial charge >= 0.3 is 0 Å². The highest BCUT2D eigenvalue weighted by atomic mass is 32.2. The Kier molecular flexibility index (Phi) is 5.50. The molecule has 0 radical (unpaired) electrons. The zero-order chi connectivity index (χ0) is 17.2. The van der Waals surface area contributed by atoms with E-state index in [0.29, 0.717) is 12.5 Å². The van der Waals surface area contributed by atoms with E-state index in [-0.39, 0.29) is 11.9 Å². The van der Waals surface area contributed by atoms with Crippen LogP contribution in [0.4, 0.5) is 0 Å². The Labute approximate surface area is 139 Å². The predicted octanol–water partition coefficient (Wildman–Crippen LogP) is 3.20. The van der Waals surface area contributed by atoms with Crippen molar-refractivity contribution >= 4 is 15.7 Å².